The molecule has 0 aromatic heterocycles. The summed E-state index contributed by atoms with van der Waals surface area (Å²) >= 11 is 5.21. The Morgan fingerprint density at radius 3 is 2.29 bits per heavy atom. The van der Waals surface area contributed by atoms with Crippen molar-refractivity contribution in [3.05, 3.63) is 59.7 Å². The summed E-state index contributed by atoms with van der Waals surface area (Å²) in [6, 6.07) is 13.9. The molecule has 148 valence electrons. The van der Waals surface area contributed by atoms with Crippen LogP contribution in [0.2, 0.25) is 0 Å². The van der Waals surface area contributed by atoms with E-state index >= 15 is 0 Å². The Morgan fingerprint density at radius 2 is 1.68 bits per heavy atom. The van der Waals surface area contributed by atoms with Gasteiger partial charge in [-0.1, -0.05) is 6.07 Å². The molecule has 0 saturated heterocycles. The molecule has 2 aromatic carbocycles. The lowest BCUT2D eigenvalue weighted by atomic mass is 10.2. The maximum Gasteiger partial charge on any atom is 0.257 e. The number of carbonyl (C=O) groups is 2. The molecular weight excluding hydrogens is 374 g/mol. The summed E-state index contributed by atoms with van der Waals surface area (Å²) < 4.78 is 5.40. The summed E-state index contributed by atoms with van der Waals surface area (Å²) in [6.45, 7) is 7.63. The molecule has 0 aliphatic rings. The summed E-state index contributed by atoms with van der Waals surface area (Å²) in [7, 11) is 0. The van der Waals surface area contributed by atoms with E-state index in [2.05, 4.69) is 10.6 Å². The van der Waals surface area contributed by atoms with Crippen LogP contribution in [0, 0.1) is 0 Å². The SMILES string of the molecule is CCOc1cccc(C(=O)NC(=S)Nc2ccc(C(=O)N(CC)CC)cc2)c1. The van der Waals surface area contributed by atoms with Gasteiger partial charge in [0, 0.05) is 29.9 Å². The van der Waals surface area contributed by atoms with E-state index in [4.69, 9.17) is 17.0 Å². The van der Waals surface area contributed by atoms with Crippen LogP contribution in [0.1, 0.15) is 41.5 Å². The highest BCUT2D eigenvalue weighted by Crippen LogP contribution is 2.14. The summed E-state index contributed by atoms with van der Waals surface area (Å²) in [6.07, 6.45) is 0. The van der Waals surface area contributed by atoms with Gasteiger partial charge in [0.1, 0.15) is 5.75 Å². The maximum atomic E-state index is 12.3. The first kappa shape index (κ1) is 21.4. The topological polar surface area (TPSA) is 70.7 Å². The van der Waals surface area contributed by atoms with Gasteiger partial charge in [0.25, 0.3) is 11.8 Å². The average Bonchev–Trinajstić information content (AvgIpc) is 2.69. The minimum Gasteiger partial charge on any atom is -0.494 e. The number of rotatable bonds is 7. The second-order valence-corrected chi connectivity index (χ2v) is 6.33. The monoisotopic (exact) mass is 399 g/mol. The molecule has 0 atom stereocenters. The Labute approximate surface area is 170 Å². The van der Waals surface area contributed by atoms with Crippen molar-refractivity contribution in [1.82, 2.24) is 10.2 Å². The van der Waals surface area contributed by atoms with E-state index in [1.54, 1.807) is 53.4 Å². The number of benzene rings is 2. The van der Waals surface area contributed by atoms with E-state index in [1.807, 2.05) is 20.8 Å². The zero-order valence-corrected chi connectivity index (χ0v) is 17.1. The standard InChI is InChI=1S/C21H25N3O3S/c1-4-24(5-2)20(26)15-10-12-17(13-11-15)22-21(28)23-19(25)16-8-7-9-18(14-16)27-6-3/h7-14H,4-6H2,1-3H3,(H2,22,23,25,28). The van der Waals surface area contributed by atoms with Crippen molar-refractivity contribution in [1.29, 1.82) is 0 Å². The highest BCUT2D eigenvalue weighted by atomic mass is 32.1. The molecule has 28 heavy (non-hydrogen) atoms. The number of nitrogens with one attached hydrogen (secondary N) is 2. The van der Waals surface area contributed by atoms with Gasteiger partial charge in [0.15, 0.2) is 5.11 Å². The van der Waals surface area contributed by atoms with Crippen molar-refractivity contribution in [2.75, 3.05) is 25.0 Å². The van der Waals surface area contributed by atoms with Gasteiger partial charge in [0.2, 0.25) is 0 Å². The summed E-state index contributed by atoms with van der Waals surface area (Å²) in [5, 5.41) is 5.76. The lowest BCUT2D eigenvalue weighted by Crippen LogP contribution is -2.34. The van der Waals surface area contributed by atoms with E-state index in [0.717, 1.165) is 0 Å². The average molecular weight is 400 g/mol. The lowest BCUT2D eigenvalue weighted by molar-refractivity contribution is 0.0772. The molecule has 0 heterocycles. The first-order valence-electron chi connectivity index (χ1n) is 9.23. The second kappa shape index (κ2) is 10.4. The Bertz CT molecular complexity index is 833. The molecule has 2 amide bonds. The molecule has 0 unspecified atom stereocenters. The van der Waals surface area contributed by atoms with E-state index in [1.165, 1.54) is 0 Å². The van der Waals surface area contributed by atoms with Crippen LogP contribution in [0.3, 0.4) is 0 Å². The van der Waals surface area contributed by atoms with Gasteiger partial charge in [-0.3, -0.25) is 14.9 Å². The minimum atomic E-state index is -0.326. The Hall–Kier alpha value is -2.93. The van der Waals surface area contributed by atoms with Crippen molar-refractivity contribution in [3.8, 4) is 5.75 Å². The molecule has 7 heteroatoms. The molecule has 2 rings (SSSR count). The van der Waals surface area contributed by atoms with Gasteiger partial charge in [-0.25, -0.2) is 0 Å². The molecule has 0 fully saturated rings. The maximum absolute atomic E-state index is 12.3. The number of carbonyl (C=O) groups excluding carboxylic acids is 2. The fraction of sp³-hybridized carbons (Fsp3) is 0.286. The van der Waals surface area contributed by atoms with Gasteiger partial charge in [0.05, 0.1) is 6.61 Å². The van der Waals surface area contributed by atoms with Crippen molar-refractivity contribution < 1.29 is 14.3 Å². The summed E-state index contributed by atoms with van der Waals surface area (Å²) in [5.74, 6) is 0.288. The van der Waals surface area contributed by atoms with Crippen LogP contribution in [-0.4, -0.2) is 41.5 Å². The Kier molecular flexibility index (Phi) is 7.95. The van der Waals surface area contributed by atoms with Crippen LogP contribution in [0.5, 0.6) is 5.75 Å². The van der Waals surface area contributed by atoms with Crippen LogP contribution in [0.4, 0.5) is 5.69 Å². The number of anilines is 1. The van der Waals surface area contributed by atoms with Crippen LogP contribution < -0.4 is 15.4 Å². The third-order valence-corrected chi connectivity index (χ3v) is 4.28. The molecule has 0 radical (unpaired) electrons. The normalized spacial score (nSPS) is 10.1. The number of amides is 2. The lowest BCUT2D eigenvalue weighted by Gasteiger charge is -2.18. The minimum absolute atomic E-state index is 0.0124. The zero-order valence-electron chi connectivity index (χ0n) is 16.3. The third kappa shape index (κ3) is 5.79. The fourth-order valence-corrected chi connectivity index (χ4v) is 2.83. The second-order valence-electron chi connectivity index (χ2n) is 5.92. The number of ether oxygens (including phenoxy) is 1. The number of nitrogens with zero attached hydrogens (tertiary/aromatic N) is 1. The van der Waals surface area contributed by atoms with Crippen LogP contribution >= 0.6 is 12.2 Å². The molecule has 0 aliphatic heterocycles. The van der Waals surface area contributed by atoms with Gasteiger partial charge < -0.3 is 15.0 Å². The van der Waals surface area contributed by atoms with Crippen molar-refractivity contribution in [3.63, 3.8) is 0 Å². The quantitative estimate of drug-likeness (QED) is 0.695. The predicted octanol–water partition coefficient (Wildman–Crippen LogP) is 3.69. The van der Waals surface area contributed by atoms with E-state index < -0.39 is 0 Å². The molecule has 0 bridgehead atoms. The van der Waals surface area contributed by atoms with E-state index in [-0.39, 0.29) is 16.9 Å². The summed E-state index contributed by atoms with van der Waals surface area (Å²) in [5.41, 5.74) is 1.75. The van der Waals surface area contributed by atoms with E-state index in [0.29, 0.717) is 42.3 Å². The summed E-state index contributed by atoms with van der Waals surface area (Å²) in [4.78, 5) is 26.4. The molecule has 0 spiro atoms. The molecular formula is C21H25N3O3S. The van der Waals surface area contributed by atoms with E-state index in [9.17, 15) is 9.59 Å². The first-order valence-corrected chi connectivity index (χ1v) is 9.63. The molecule has 6 nitrogen and oxygen atoms in total. The van der Waals surface area contributed by atoms with Crippen molar-refractivity contribution >= 4 is 34.8 Å². The van der Waals surface area contributed by atoms with Gasteiger partial charge in [-0.05, 0) is 75.5 Å². The third-order valence-electron chi connectivity index (χ3n) is 4.07. The fourth-order valence-electron chi connectivity index (χ4n) is 2.62. The smallest absolute Gasteiger partial charge is 0.257 e. The molecule has 2 aromatic rings. The predicted molar refractivity (Wildman–Crippen MR) is 115 cm³/mol. The van der Waals surface area contributed by atoms with Crippen LogP contribution in [0.25, 0.3) is 0 Å². The molecule has 0 aliphatic carbocycles. The Balaban J connectivity index is 1.96. The highest BCUT2D eigenvalue weighted by Gasteiger charge is 2.13. The van der Waals surface area contributed by atoms with Crippen LogP contribution in [0.15, 0.2) is 48.5 Å². The number of hydrogen-bond acceptors (Lipinski definition) is 4. The van der Waals surface area contributed by atoms with Gasteiger partial charge in [-0.2, -0.15) is 0 Å². The largest absolute Gasteiger partial charge is 0.494 e. The number of thiocarbonyl (C=S) groups is 1. The molecule has 2 N–H and O–H groups in total. The molecule has 0 saturated carbocycles. The number of hydrogen-bond donors (Lipinski definition) is 2. The van der Waals surface area contributed by atoms with Gasteiger partial charge >= 0.3 is 0 Å². The zero-order chi connectivity index (χ0) is 20.5. The van der Waals surface area contributed by atoms with Crippen LogP contribution in [-0.2, 0) is 0 Å². The van der Waals surface area contributed by atoms with Crippen molar-refractivity contribution in [2.45, 2.75) is 20.8 Å². The van der Waals surface area contributed by atoms with Gasteiger partial charge in [-0.15, -0.1) is 0 Å². The highest BCUT2D eigenvalue weighted by molar-refractivity contribution is 7.80. The van der Waals surface area contributed by atoms with Crippen molar-refractivity contribution in [2.24, 2.45) is 0 Å². The Morgan fingerprint density at radius 1 is 1.00 bits per heavy atom. The first-order chi connectivity index (χ1) is 13.5.